The summed E-state index contributed by atoms with van der Waals surface area (Å²) in [7, 11) is 0. The fraction of sp³-hybridized carbons (Fsp3) is 0.455. The van der Waals surface area contributed by atoms with Crippen LogP contribution >= 0.6 is 0 Å². The largest absolute Gasteiger partial charge is 0.0656 e. The summed E-state index contributed by atoms with van der Waals surface area (Å²) in [6, 6.07) is 0. The van der Waals surface area contributed by atoms with Gasteiger partial charge in [0.15, 0.2) is 0 Å². The minimum Gasteiger partial charge on any atom is -0.0656 e. The molecule has 0 aliphatic heterocycles. The summed E-state index contributed by atoms with van der Waals surface area (Å²) < 4.78 is 0. The molecule has 0 unspecified atom stereocenters. The standard InChI is InChI=1S/C8H6.C3H8/c1-2-8-6-4-3-5-7-8;1-3-2/h4H,2H2,1H3;3H2,1-2H3. The molecular weight excluding hydrogens is 132 g/mol. The molecule has 0 bridgehead atoms. The van der Waals surface area contributed by atoms with Crippen LogP contribution in [0.5, 0.6) is 0 Å². The molecule has 0 heteroatoms. The van der Waals surface area contributed by atoms with E-state index in [1.165, 1.54) is 6.42 Å². The normalized spacial score (nSPS) is 12.1. The molecule has 0 aromatic heterocycles. The van der Waals surface area contributed by atoms with E-state index in [0.29, 0.717) is 0 Å². The molecule has 0 atom stereocenters. The molecule has 11 heavy (non-hydrogen) atoms. The summed E-state index contributed by atoms with van der Waals surface area (Å²) in [5.74, 6) is 0. The van der Waals surface area contributed by atoms with E-state index in [-0.39, 0.29) is 0 Å². The average Bonchev–Trinajstić information content (AvgIpc) is 2.08. The maximum atomic E-state index is 2.98. The predicted molar refractivity (Wildman–Crippen MR) is 47.9 cm³/mol. The smallest absolute Gasteiger partial charge is 0.0412 e. The monoisotopic (exact) mass is 146 g/mol. The van der Waals surface area contributed by atoms with Crippen molar-refractivity contribution in [3.63, 3.8) is 0 Å². The van der Waals surface area contributed by atoms with Gasteiger partial charge in [0, 0.05) is 11.6 Å². The van der Waals surface area contributed by atoms with Crippen LogP contribution in [0.25, 0.3) is 0 Å². The zero-order valence-electron chi connectivity index (χ0n) is 7.49. The Labute approximate surface area is 69.6 Å². The van der Waals surface area contributed by atoms with Gasteiger partial charge in [-0.2, -0.15) is 0 Å². The first-order chi connectivity index (χ1) is 5.35. The molecule has 0 N–H and O–H groups in total. The van der Waals surface area contributed by atoms with Gasteiger partial charge in [0.2, 0.25) is 0 Å². The third-order valence-corrected chi connectivity index (χ3v) is 0.958. The second kappa shape index (κ2) is 7.15. The first kappa shape index (κ1) is 10.0. The zero-order chi connectivity index (χ0) is 8.53. The summed E-state index contributed by atoms with van der Waals surface area (Å²) >= 11 is 0. The molecule has 1 rings (SSSR count). The Balaban J connectivity index is 0.000000292. The van der Waals surface area contributed by atoms with E-state index in [2.05, 4.69) is 44.4 Å². The highest BCUT2D eigenvalue weighted by atomic mass is 13.9. The van der Waals surface area contributed by atoms with Crippen molar-refractivity contribution < 1.29 is 0 Å². The maximum absolute atomic E-state index is 2.98. The average molecular weight is 146 g/mol. The van der Waals surface area contributed by atoms with Gasteiger partial charge in [0.05, 0.1) is 0 Å². The lowest BCUT2D eigenvalue weighted by Gasteiger charge is -1.87. The van der Waals surface area contributed by atoms with Crippen molar-refractivity contribution in [2.24, 2.45) is 0 Å². The molecule has 0 aromatic rings. The fourth-order valence-corrected chi connectivity index (χ4v) is 0.497. The van der Waals surface area contributed by atoms with Crippen molar-refractivity contribution in [3.8, 4) is 0 Å². The van der Waals surface area contributed by atoms with Gasteiger partial charge in [0.1, 0.15) is 0 Å². The van der Waals surface area contributed by atoms with Crippen molar-refractivity contribution in [2.75, 3.05) is 0 Å². The van der Waals surface area contributed by atoms with Crippen molar-refractivity contribution in [1.29, 1.82) is 0 Å². The molecular formula is C11H14. The number of rotatable bonds is 1. The van der Waals surface area contributed by atoms with Crippen LogP contribution in [0.1, 0.15) is 33.6 Å². The summed E-state index contributed by atoms with van der Waals surface area (Å²) in [5.41, 5.74) is 6.69. The van der Waals surface area contributed by atoms with Crippen molar-refractivity contribution in [1.82, 2.24) is 0 Å². The molecule has 0 fully saturated rings. The van der Waals surface area contributed by atoms with Gasteiger partial charge in [-0.05, 0) is 18.6 Å². The van der Waals surface area contributed by atoms with Gasteiger partial charge in [-0.15, -0.1) is 0 Å². The highest BCUT2D eigenvalue weighted by Crippen LogP contribution is 1.99. The third-order valence-electron chi connectivity index (χ3n) is 0.958. The van der Waals surface area contributed by atoms with Crippen LogP contribution in [-0.2, 0) is 0 Å². The number of hydrogen-bond acceptors (Lipinski definition) is 0. The first-order valence-corrected chi connectivity index (χ1v) is 4.05. The van der Waals surface area contributed by atoms with Gasteiger partial charge in [-0.1, -0.05) is 38.7 Å². The third kappa shape index (κ3) is 5.48. The molecule has 0 aromatic carbocycles. The van der Waals surface area contributed by atoms with E-state index < -0.39 is 0 Å². The fourth-order valence-electron chi connectivity index (χ4n) is 0.497. The Kier molecular flexibility index (Phi) is 6.53. The lowest BCUT2D eigenvalue weighted by atomic mass is 10.2. The molecule has 0 heterocycles. The van der Waals surface area contributed by atoms with Crippen molar-refractivity contribution in [2.45, 2.75) is 33.6 Å². The number of hydrogen-bond donors (Lipinski definition) is 0. The van der Waals surface area contributed by atoms with Crippen LogP contribution in [0.3, 0.4) is 0 Å². The first-order valence-electron chi connectivity index (χ1n) is 4.05. The molecule has 2 radical (unpaired) electrons. The second-order valence-electron chi connectivity index (χ2n) is 2.22. The summed E-state index contributed by atoms with van der Waals surface area (Å²) in [5, 5.41) is 0. The van der Waals surface area contributed by atoms with Crippen molar-refractivity contribution >= 4 is 0 Å². The molecule has 1 aliphatic carbocycles. The Morgan fingerprint density at radius 3 is 2.18 bits per heavy atom. The van der Waals surface area contributed by atoms with E-state index in [9.17, 15) is 0 Å². The van der Waals surface area contributed by atoms with Crippen LogP contribution in [-0.4, -0.2) is 0 Å². The highest BCUT2D eigenvalue weighted by Gasteiger charge is 1.84. The lowest BCUT2D eigenvalue weighted by molar-refractivity contribution is 1.09. The van der Waals surface area contributed by atoms with Crippen LogP contribution in [0.15, 0.2) is 23.1 Å². The molecule has 0 spiro atoms. The van der Waals surface area contributed by atoms with Gasteiger partial charge in [-0.25, -0.2) is 0 Å². The van der Waals surface area contributed by atoms with E-state index >= 15 is 0 Å². The summed E-state index contributed by atoms with van der Waals surface area (Å²) in [6.45, 7) is 6.32. The Morgan fingerprint density at radius 1 is 1.27 bits per heavy atom. The van der Waals surface area contributed by atoms with Crippen LogP contribution < -0.4 is 0 Å². The second-order valence-corrected chi connectivity index (χ2v) is 2.22. The van der Waals surface area contributed by atoms with E-state index in [1.54, 1.807) is 6.08 Å². The van der Waals surface area contributed by atoms with Gasteiger partial charge in [0.25, 0.3) is 0 Å². The quantitative estimate of drug-likeness (QED) is 0.498. The van der Waals surface area contributed by atoms with E-state index in [4.69, 9.17) is 0 Å². The van der Waals surface area contributed by atoms with Crippen molar-refractivity contribution in [3.05, 3.63) is 35.3 Å². The van der Waals surface area contributed by atoms with Crippen LogP contribution in [0.2, 0.25) is 0 Å². The molecule has 0 nitrogen and oxygen atoms in total. The molecule has 0 saturated carbocycles. The Morgan fingerprint density at radius 2 is 1.91 bits per heavy atom. The molecule has 58 valence electrons. The minimum atomic E-state index is 0.977. The Bertz CT molecular complexity index is 206. The van der Waals surface area contributed by atoms with Crippen LogP contribution in [0, 0.1) is 12.2 Å². The maximum Gasteiger partial charge on any atom is 0.0412 e. The van der Waals surface area contributed by atoms with E-state index in [0.717, 1.165) is 12.0 Å². The van der Waals surface area contributed by atoms with E-state index in [1.807, 2.05) is 0 Å². The topological polar surface area (TPSA) is 0 Å². The molecule has 0 amide bonds. The Hall–Kier alpha value is -0.960. The highest BCUT2D eigenvalue weighted by molar-refractivity contribution is 5.17. The predicted octanol–water partition coefficient (Wildman–Crippen LogP) is 3.23. The van der Waals surface area contributed by atoms with Gasteiger partial charge in [-0.3, -0.25) is 0 Å². The van der Waals surface area contributed by atoms with Crippen LogP contribution in [0.4, 0.5) is 0 Å². The summed E-state index contributed by atoms with van der Waals surface area (Å²) in [6.07, 6.45) is 9.67. The van der Waals surface area contributed by atoms with Gasteiger partial charge < -0.3 is 0 Å². The zero-order valence-corrected chi connectivity index (χ0v) is 7.49. The minimum absolute atomic E-state index is 0.977. The molecule has 0 saturated heterocycles. The lowest BCUT2D eigenvalue weighted by Crippen LogP contribution is -1.72. The molecule has 1 aliphatic rings. The van der Waals surface area contributed by atoms with Gasteiger partial charge >= 0.3 is 0 Å². The number of allylic oxidation sites excluding steroid dienone is 4. The summed E-state index contributed by atoms with van der Waals surface area (Å²) in [4.78, 5) is 0. The SMILES string of the molecule is CCC.CCC1=C=C=[C]C=[C]1.